The van der Waals surface area contributed by atoms with Crippen molar-refractivity contribution in [1.82, 2.24) is 5.06 Å². The SMILES string of the molecule is CC(C)c1cc(C(C)C)c(S(=O)(=O)ON2COCc3cccc4cccc(c34)C2=O)c(C(C)C)c1. The van der Waals surface area contributed by atoms with Gasteiger partial charge < -0.3 is 4.74 Å². The third-order valence-electron chi connectivity index (χ3n) is 6.43. The van der Waals surface area contributed by atoms with Gasteiger partial charge in [-0.15, -0.1) is 4.28 Å². The van der Waals surface area contributed by atoms with Gasteiger partial charge in [0.2, 0.25) is 0 Å². The van der Waals surface area contributed by atoms with Crippen molar-refractivity contribution in [1.29, 1.82) is 0 Å². The Hall–Kier alpha value is -2.74. The van der Waals surface area contributed by atoms with E-state index in [1.165, 1.54) is 0 Å². The van der Waals surface area contributed by atoms with Gasteiger partial charge in [-0.2, -0.15) is 13.5 Å². The molecule has 35 heavy (non-hydrogen) atoms. The minimum Gasteiger partial charge on any atom is -0.354 e. The summed E-state index contributed by atoms with van der Waals surface area (Å²) in [4.78, 5) is 13.7. The van der Waals surface area contributed by atoms with Crippen LogP contribution in [0.25, 0.3) is 10.8 Å². The molecule has 4 rings (SSSR count). The van der Waals surface area contributed by atoms with Gasteiger partial charge in [0, 0.05) is 5.39 Å². The van der Waals surface area contributed by atoms with E-state index >= 15 is 0 Å². The van der Waals surface area contributed by atoms with Crippen molar-refractivity contribution in [2.75, 3.05) is 6.73 Å². The van der Waals surface area contributed by atoms with Crippen LogP contribution in [0.2, 0.25) is 0 Å². The van der Waals surface area contributed by atoms with E-state index in [9.17, 15) is 13.2 Å². The fraction of sp³-hybridized carbons (Fsp3) is 0.393. The number of nitrogens with zero attached hydrogens (tertiary/aromatic N) is 1. The summed E-state index contributed by atoms with van der Waals surface area (Å²) < 4.78 is 38.9. The van der Waals surface area contributed by atoms with E-state index in [4.69, 9.17) is 9.02 Å². The average Bonchev–Trinajstić information content (AvgIpc) is 2.80. The monoisotopic (exact) mass is 495 g/mol. The summed E-state index contributed by atoms with van der Waals surface area (Å²) in [6, 6.07) is 15.0. The zero-order valence-electron chi connectivity index (χ0n) is 21.2. The molecule has 3 aromatic carbocycles. The Bertz CT molecular complexity index is 1340. The van der Waals surface area contributed by atoms with Crippen molar-refractivity contribution in [2.24, 2.45) is 0 Å². The van der Waals surface area contributed by atoms with Crippen LogP contribution < -0.4 is 0 Å². The Morgan fingerprint density at radius 1 is 0.886 bits per heavy atom. The molecular formula is C28H33NO5S. The van der Waals surface area contributed by atoms with E-state index in [1.54, 1.807) is 12.1 Å². The zero-order chi connectivity index (χ0) is 25.5. The largest absolute Gasteiger partial charge is 0.354 e. The molecule has 1 aliphatic rings. The van der Waals surface area contributed by atoms with Crippen LogP contribution >= 0.6 is 0 Å². The Morgan fingerprint density at radius 2 is 1.49 bits per heavy atom. The second-order valence-electron chi connectivity index (χ2n) is 10.0. The summed E-state index contributed by atoms with van der Waals surface area (Å²) >= 11 is 0. The van der Waals surface area contributed by atoms with Gasteiger partial charge in [-0.3, -0.25) is 4.79 Å². The lowest BCUT2D eigenvalue weighted by Crippen LogP contribution is -2.37. The fourth-order valence-electron chi connectivity index (χ4n) is 4.54. The topological polar surface area (TPSA) is 72.9 Å². The van der Waals surface area contributed by atoms with E-state index in [-0.39, 0.29) is 36.0 Å². The smallest absolute Gasteiger partial charge is 0.318 e. The number of hydrogen-bond donors (Lipinski definition) is 0. The molecule has 3 aromatic rings. The first-order valence-corrected chi connectivity index (χ1v) is 13.4. The number of rotatable bonds is 6. The van der Waals surface area contributed by atoms with Crippen LogP contribution in [0.15, 0.2) is 53.4 Å². The van der Waals surface area contributed by atoms with Gasteiger partial charge in [-0.25, -0.2) is 0 Å². The molecule has 1 heterocycles. The summed E-state index contributed by atoms with van der Waals surface area (Å²) in [7, 11) is -4.34. The van der Waals surface area contributed by atoms with Gasteiger partial charge in [0.25, 0.3) is 5.91 Å². The van der Waals surface area contributed by atoms with Crippen LogP contribution in [0.3, 0.4) is 0 Å². The minimum atomic E-state index is -4.34. The summed E-state index contributed by atoms with van der Waals surface area (Å²) in [5.41, 5.74) is 3.72. The standard InChI is InChI=1S/C28H33NO5S/c1-17(2)22-13-24(18(3)4)27(25(14-22)19(5)6)35(31,32)34-29-16-33-15-21-11-7-9-20-10-8-12-23(26(20)21)28(29)30/h7-14,17-19H,15-16H2,1-6H3. The van der Waals surface area contributed by atoms with Crippen molar-refractivity contribution >= 4 is 26.8 Å². The third kappa shape index (κ3) is 4.85. The number of amides is 1. The predicted octanol–water partition coefficient (Wildman–Crippen LogP) is 6.46. The first-order valence-electron chi connectivity index (χ1n) is 12.0. The highest BCUT2D eigenvalue weighted by atomic mass is 32.2. The fourth-order valence-corrected chi connectivity index (χ4v) is 6.13. The molecule has 1 amide bonds. The van der Waals surface area contributed by atoms with Gasteiger partial charge in [-0.1, -0.05) is 84.0 Å². The summed E-state index contributed by atoms with van der Waals surface area (Å²) in [5, 5.41) is 2.46. The van der Waals surface area contributed by atoms with E-state index in [1.807, 2.05) is 64.1 Å². The molecule has 1 aliphatic heterocycles. The average molecular weight is 496 g/mol. The van der Waals surface area contributed by atoms with Gasteiger partial charge in [0.15, 0.2) is 0 Å². The molecule has 186 valence electrons. The van der Waals surface area contributed by atoms with Gasteiger partial charge in [0.1, 0.15) is 11.6 Å². The maximum absolute atomic E-state index is 13.8. The molecule has 7 heteroatoms. The second-order valence-corrected chi connectivity index (χ2v) is 11.5. The van der Waals surface area contributed by atoms with Crippen LogP contribution in [0, 0.1) is 0 Å². The van der Waals surface area contributed by atoms with Crippen LogP contribution in [0.1, 0.15) is 91.9 Å². The quantitative estimate of drug-likeness (QED) is 0.392. The van der Waals surface area contributed by atoms with Gasteiger partial charge in [-0.05, 0) is 51.5 Å². The number of carbonyl (C=O) groups excluding carboxylic acids is 1. The lowest BCUT2D eigenvalue weighted by atomic mass is 9.89. The zero-order valence-corrected chi connectivity index (χ0v) is 22.0. The number of ether oxygens (including phenoxy) is 1. The van der Waals surface area contributed by atoms with Gasteiger partial charge in [0.05, 0.1) is 12.2 Å². The van der Waals surface area contributed by atoms with Crippen molar-refractivity contribution < 1.29 is 22.2 Å². The second kappa shape index (κ2) is 9.72. The Kier molecular flexibility index (Phi) is 7.04. The van der Waals surface area contributed by atoms with Crippen LogP contribution in [-0.4, -0.2) is 26.1 Å². The van der Waals surface area contributed by atoms with Crippen molar-refractivity contribution in [3.05, 3.63) is 76.3 Å². The van der Waals surface area contributed by atoms with E-state index in [2.05, 4.69) is 13.8 Å². The summed E-state index contributed by atoms with van der Waals surface area (Å²) in [6.45, 7) is 12.0. The number of hydrogen-bond acceptors (Lipinski definition) is 5. The molecule has 0 spiro atoms. The maximum Gasteiger partial charge on any atom is 0.318 e. The van der Waals surface area contributed by atoms with Gasteiger partial charge >= 0.3 is 10.1 Å². The molecule has 0 fully saturated rings. The molecule has 6 nitrogen and oxygen atoms in total. The normalized spacial score (nSPS) is 14.8. The minimum absolute atomic E-state index is 0.0560. The lowest BCUT2D eigenvalue weighted by Gasteiger charge is -2.27. The third-order valence-corrected chi connectivity index (χ3v) is 7.78. The van der Waals surface area contributed by atoms with E-state index in [0.717, 1.165) is 27.0 Å². The predicted molar refractivity (Wildman–Crippen MR) is 137 cm³/mol. The molecule has 0 aromatic heterocycles. The Morgan fingerprint density at radius 3 is 2.06 bits per heavy atom. The van der Waals surface area contributed by atoms with Crippen molar-refractivity contribution in [3.8, 4) is 0 Å². The summed E-state index contributed by atoms with van der Waals surface area (Å²) in [5.74, 6) is -0.422. The van der Waals surface area contributed by atoms with E-state index in [0.29, 0.717) is 16.7 Å². The maximum atomic E-state index is 13.8. The molecule has 0 saturated carbocycles. The first kappa shape index (κ1) is 25.4. The Labute approximate surface area is 207 Å². The summed E-state index contributed by atoms with van der Waals surface area (Å²) in [6.07, 6.45) is 0. The number of hydroxylamine groups is 2. The molecule has 0 bridgehead atoms. The molecule has 0 radical (unpaired) electrons. The first-order chi connectivity index (χ1) is 16.5. The van der Waals surface area contributed by atoms with E-state index < -0.39 is 16.0 Å². The molecule has 0 N–H and O–H groups in total. The highest BCUT2D eigenvalue weighted by Gasteiger charge is 2.33. The molecular weight excluding hydrogens is 462 g/mol. The molecule has 0 atom stereocenters. The van der Waals surface area contributed by atoms with Crippen molar-refractivity contribution in [2.45, 2.75) is 70.8 Å². The van der Waals surface area contributed by atoms with Crippen molar-refractivity contribution in [3.63, 3.8) is 0 Å². The lowest BCUT2D eigenvalue weighted by molar-refractivity contribution is -0.104. The number of carbonyl (C=O) groups is 1. The highest BCUT2D eigenvalue weighted by Crippen LogP contribution is 2.37. The van der Waals surface area contributed by atoms with Crippen LogP contribution in [0.4, 0.5) is 0 Å². The highest BCUT2D eigenvalue weighted by molar-refractivity contribution is 7.86. The van der Waals surface area contributed by atoms with Crippen LogP contribution in [0.5, 0.6) is 0 Å². The van der Waals surface area contributed by atoms with Crippen LogP contribution in [-0.2, 0) is 25.7 Å². The Balaban J connectivity index is 1.81. The molecule has 0 saturated heterocycles. The molecule has 0 unspecified atom stereocenters. The number of benzene rings is 3. The molecule has 0 aliphatic carbocycles.